The lowest BCUT2D eigenvalue weighted by Crippen LogP contribution is -2.33. The first-order valence-electron chi connectivity index (χ1n) is 8.36. The lowest BCUT2D eigenvalue weighted by molar-refractivity contribution is 0.832. The van der Waals surface area contributed by atoms with Crippen molar-refractivity contribution < 1.29 is 0 Å². The molecule has 5 nitrogen and oxygen atoms in total. The molecule has 1 aliphatic rings. The minimum atomic E-state index is 0.305. The fourth-order valence-electron chi connectivity index (χ4n) is 3.35. The lowest BCUT2D eigenvalue weighted by Gasteiger charge is -2.28. The van der Waals surface area contributed by atoms with E-state index in [-0.39, 0.29) is 0 Å². The molecule has 1 aliphatic heterocycles. The minimum Gasteiger partial charge on any atom is -0.395 e. The van der Waals surface area contributed by atoms with Crippen molar-refractivity contribution in [3.63, 3.8) is 0 Å². The van der Waals surface area contributed by atoms with Gasteiger partial charge in [-0.25, -0.2) is 4.98 Å². The summed E-state index contributed by atoms with van der Waals surface area (Å²) in [6.07, 6.45) is 3.92. The SMILES string of the molecule is NCc1c(-c2ccc(Cl)cc2Cl)cn2c(N3CCSCC3)cnc2c1N. The van der Waals surface area contributed by atoms with Crippen molar-refractivity contribution in [2.75, 3.05) is 35.2 Å². The van der Waals surface area contributed by atoms with Crippen molar-refractivity contribution in [2.45, 2.75) is 6.54 Å². The number of nitrogens with two attached hydrogens (primary N) is 2. The summed E-state index contributed by atoms with van der Waals surface area (Å²) in [5.41, 5.74) is 16.4. The van der Waals surface area contributed by atoms with Crippen LogP contribution in [-0.2, 0) is 6.54 Å². The Morgan fingerprint density at radius 1 is 1.15 bits per heavy atom. The summed E-state index contributed by atoms with van der Waals surface area (Å²) in [5, 5.41) is 1.17. The largest absolute Gasteiger partial charge is 0.395 e. The lowest BCUT2D eigenvalue weighted by atomic mass is 10.0. The highest BCUT2D eigenvalue weighted by Crippen LogP contribution is 2.37. The van der Waals surface area contributed by atoms with E-state index in [9.17, 15) is 0 Å². The van der Waals surface area contributed by atoms with Gasteiger partial charge in [0.15, 0.2) is 5.65 Å². The van der Waals surface area contributed by atoms with Gasteiger partial charge in [0.05, 0.1) is 11.9 Å². The molecule has 0 aliphatic carbocycles. The smallest absolute Gasteiger partial charge is 0.162 e. The maximum atomic E-state index is 6.45. The summed E-state index contributed by atoms with van der Waals surface area (Å²) in [5.74, 6) is 3.26. The number of rotatable bonds is 3. The van der Waals surface area contributed by atoms with Crippen LogP contribution in [0, 0.1) is 0 Å². The summed E-state index contributed by atoms with van der Waals surface area (Å²) >= 11 is 14.5. The van der Waals surface area contributed by atoms with Crippen LogP contribution in [0.2, 0.25) is 10.0 Å². The van der Waals surface area contributed by atoms with Crippen LogP contribution in [0.3, 0.4) is 0 Å². The zero-order valence-corrected chi connectivity index (χ0v) is 16.4. The maximum Gasteiger partial charge on any atom is 0.162 e. The number of fused-ring (bicyclic) bond motifs is 1. The van der Waals surface area contributed by atoms with Crippen LogP contribution in [0.15, 0.2) is 30.6 Å². The molecular formula is C18H19Cl2N5S. The molecule has 4 N–H and O–H groups in total. The Morgan fingerprint density at radius 3 is 2.62 bits per heavy atom. The molecular weight excluding hydrogens is 389 g/mol. The van der Waals surface area contributed by atoms with Crippen molar-refractivity contribution in [1.82, 2.24) is 9.38 Å². The number of imidazole rings is 1. The number of anilines is 2. The first-order chi connectivity index (χ1) is 12.6. The molecule has 8 heteroatoms. The number of hydrogen-bond donors (Lipinski definition) is 2. The predicted molar refractivity (Wildman–Crippen MR) is 112 cm³/mol. The van der Waals surface area contributed by atoms with E-state index in [0.717, 1.165) is 52.8 Å². The molecule has 3 aromatic rings. The van der Waals surface area contributed by atoms with Crippen molar-refractivity contribution in [1.29, 1.82) is 0 Å². The number of hydrogen-bond acceptors (Lipinski definition) is 5. The summed E-state index contributed by atoms with van der Waals surface area (Å²) in [6.45, 7) is 2.29. The maximum absolute atomic E-state index is 6.45. The summed E-state index contributed by atoms with van der Waals surface area (Å²) in [4.78, 5) is 6.89. The van der Waals surface area contributed by atoms with Gasteiger partial charge in [-0.05, 0) is 12.1 Å². The monoisotopic (exact) mass is 407 g/mol. The van der Waals surface area contributed by atoms with Gasteiger partial charge in [0, 0.05) is 64.1 Å². The zero-order valence-electron chi connectivity index (χ0n) is 14.1. The fraction of sp³-hybridized carbons (Fsp3) is 0.278. The molecule has 0 radical (unpaired) electrons. The standard InChI is InChI=1S/C18H19Cl2N5S/c19-11-1-2-12(15(20)7-11)14-10-25-16(24-3-5-26-6-4-24)9-23-18(25)17(22)13(14)8-21/h1-2,7,9-10H,3-6,8,21-22H2. The topological polar surface area (TPSA) is 72.6 Å². The molecule has 0 atom stereocenters. The predicted octanol–water partition coefficient (Wildman–Crippen LogP) is 3.90. The number of thioether (sulfide) groups is 1. The second-order valence-corrected chi connectivity index (χ2v) is 8.24. The van der Waals surface area contributed by atoms with Crippen LogP contribution in [0.4, 0.5) is 11.5 Å². The number of aromatic nitrogens is 2. The average Bonchev–Trinajstić information content (AvgIpc) is 3.07. The molecule has 1 saturated heterocycles. The van der Waals surface area contributed by atoms with Crippen molar-refractivity contribution in [3.05, 3.63) is 46.2 Å². The number of nitrogen functional groups attached to an aromatic ring is 1. The molecule has 0 amide bonds. The highest BCUT2D eigenvalue weighted by Gasteiger charge is 2.20. The van der Waals surface area contributed by atoms with Crippen LogP contribution in [0.5, 0.6) is 0 Å². The number of benzene rings is 1. The van der Waals surface area contributed by atoms with E-state index in [4.69, 9.17) is 34.7 Å². The summed E-state index contributed by atoms with van der Waals surface area (Å²) in [6, 6.07) is 5.45. The van der Waals surface area contributed by atoms with E-state index in [2.05, 4.69) is 9.88 Å². The van der Waals surface area contributed by atoms with E-state index in [1.807, 2.05) is 40.7 Å². The van der Waals surface area contributed by atoms with Crippen molar-refractivity contribution in [3.8, 4) is 11.1 Å². The number of pyridine rings is 1. The fourth-order valence-corrected chi connectivity index (χ4v) is 4.77. The molecule has 3 heterocycles. The Balaban J connectivity index is 1.94. The molecule has 0 bridgehead atoms. The third kappa shape index (κ3) is 3.01. The minimum absolute atomic E-state index is 0.305. The Hall–Kier alpha value is -1.60. The zero-order chi connectivity index (χ0) is 18.3. The molecule has 0 saturated carbocycles. The van der Waals surface area contributed by atoms with Gasteiger partial charge < -0.3 is 16.4 Å². The van der Waals surface area contributed by atoms with Gasteiger partial charge >= 0.3 is 0 Å². The molecule has 26 heavy (non-hydrogen) atoms. The average molecular weight is 408 g/mol. The number of halogens is 2. The molecule has 0 spiro atoms. The normalized spacial score (nSPS) is 15.0. The van der Waals surface area contributed by atoms with Crippen LogP contribution in [0.1, 0.15) is 5.56 Å². The third-order valence-electron chi connectivity index (χ3n) is 4.69. The molecule has 0 unspecified atom stereocenters. The number of nitrogens with zero attached hydrogens (tertiary/aromatic N) is 3. The molecule has 2 aromatic heterocycles. The van der Waals surface area contributed by atoms with Gasteiger partial charge in [0.25, 0.3) is 0 Å². The molecule has 1 fully saturated rings. The van der Waals surface area contributed by atoms with Crippen LogP contribution in [0.25, 0.3) is 16.8 Å². The quantitative estimate of drug-likeness (QED) is 0.688. The summed E-state index contributed by atoms with van der Waals surface area (Å²) in [7, 11) is 0. The Kier molecular flexibility index (Phi) is 4.92. The highest BCUT2D eigenvalue weighted by atomic mass is 35.5. The summed E-state index contributed by atoms with van der Waals surface area (Å²) < 4.78 is 2.05. The van der Waals surface area contributed by atoms with E-state index < -0.39 is 0 Å². The molecule has 1 aromatic carbocycles. The first-order valence-corrected chi connectivity index (χ1v) is 10.3. The Bertz CT molecular complexity index is 966. The van der Waals surface area contributed by atoms with Gasteiger partial charge in [-0.15, -0.1) is 0 Å². The highest BCUT2D eigenvalue weighted by molar-refractivity contribution is 7.99. The van der Waals surface area contributed by atoms with Gasteiger partial charge in [0.2, 0.25) is 0 Å². The first kappa shape index (κ1) is 17.8. The van der Waals surface area contributed by atoms with Gasteiger partial charge in [0.1, 0.15) is 5.82 Å². The van der Waals surface area contributed by atoms with E-state index >= 15 is 0 Å². The Morgan fingerprint density at radius 2 is 1.92 bits per heavy atom. The van der Waals surface area contributed by atoms with Crippen molar-refractivity contribution >= 4 is 52.1 Å². The second kappa shape index (κ2) is 7.19. The van der Waals surface area contributed by atoms with Crippen LogP contribution in [-0.4, -0.2) is 34.0 Å². The van der Waals surface area contributed by atoms with E-state index in [0.29, 0.717) is 22.3 Å². The van der Waals surface area contributed by atoms with E-state index in [1.54, 1.807) is 6.07 Å². The van der Waals surface area contributed by atoms with Gasteiger partial charge in [-0.1, -0.05) is 29.3 Å². The second-order valence-electron chi connectivity index (χ2n) is 6.17. The van der Waals surface area contributed by atoms with Crippen LogP contribution >= 0.6 is 35.0 Å². The third-order valence-corrected chi connectivity index (χ3v) is 6.18. The Labute approximate surface area is 166 Å². The van der Waals surface area contributed by atoms with Crippen LogP contribution < -0.4 is 16.4 Å². The van der Waals surface area contributed by atoms with E-state index in [1.165, 1.54) is 0 Å². The molecule has 136 valence electrons. The van der Waals surface area contributed by atoms with Gasteiger partial charge in [-0.3, -0.25) is 4.40 Å². The van der Waals surface area contributed by atoms with Crippen molar-refractivity contribution in [2.24, 2.45) is 5.73 Å². The molecule has 4 rings (SSSR count). The van der Waals surface area contributed by atoms with Gasteiger partial charge in [-0.2, -0.15) is 11.8 Å².